The van der Waals surface area contributed by atoms with E-state index in [2.05, 4.69) is 10.2 Å². The van der Waals surface area contributed by atoms with Crippen LogP contribution in [0.15, 0.2) is 12.1 Å². The van der Waals surface area contributed by atoms with Crippen LogP contribution in [0.5, 0.6) is 11.5 Å². The van der Waals surface area contributed by atoms with E-state index in [1.807, 2.05) is 0 Å². The van der Waals surface area contributed by atoms with Crippen LogP contribution in [0.4, 0.5) is 5.69 Å². The molecule has 0 bridgehead atoms. The van der Waals surface area contributed by atoms with Crippen LogP contribution < -0.4 is 10.1 Å². The molecule has 2 fully saturated rings. The second-order valence-electron chi connectivity index (χ2n) is 6.98. The number of nitro groups is 1. The van der Waals surface area contributed by atoms with E-state index in [9.17, 15) is 15.2 Å². The average molecular weight is 422 g/mol. The lowest BCUT2D eigenvalue weighted by Crippen LogP contribution is -2.47. The molecule has 7 nitrogen and oxygen atoms in total. The van der Waals surface area contributed by atoms with Crippen LogP contribution >= 0.6 is 24.8 Å². The summed E-state index contributed by atoms with van der Waals surface area (Å²) in [7, 11) is 1.43. The molecule has 1 aromatic rings. The normalized spacial score (nSPS) is 19.4. The maximum atomic E-state index is 11.4. The van der Waals surface area contributed by atoms with Crippen molar-refractivity contribution >= 4 is 30.5 Å². The van der Waals surface area contributed by atoms with E-state index in [0.717, 1.165) is 44.6 Å². The second-order valence-corrected chi connectivity index (χ2v) is 6.98. The Bertz CT molecular complexity index is 603. The Morgan fingerprint density at radius 2 is 1.85 bits per heavy atom. The van der Waals surface area contributed by atoms with Crippen molar-refractivity contribution in [2.75, 3.05) is 33.3 Å². The molecule has 2 aliphatic rings. The number of hydrogen-bond donors (Lipinski definition) is 2. The van der Waals surface area contributed by atoms with Crippen LogP contribution in [0, 0.1) is 16.0 Å². The van der Waals surface area contributed by atoms with Crippen LogP contribution in [0.3, 0.4) is 0 Å². The van der Waals surface area contributed by atoms with E-state index in [1.165, 1.54) is 26.4 Å². The first-order chi connectivity index (χ1) is 12.1. The molecule has 1 aliphatic heterocycles. The SMILES string of the molecule is COc1cc([C@@H](C2CCCCC2)N2CCNCC2)cc([N+](=O)[O-])c1O.Cl.Cl. The highest BCUT2D eigenvalue weighted by molar-refractivity contribution is 5.85. The van der Waals surface area contributed by atoms with Crippen molar-refractivity contribution in [2.24, 2.45) is 5.92 Å². The number of methoxy groups -OCH3 is 1. The number of piperazine rings is 1. The summed E-state index contributed by atoms with van der Waals surface area (Å²) in [4.78, 5) is 13.3. The van der Waals surface area contributed by atoms with Gasteiger partial charge in [0.1, 0.15) is 0 Å². The first kappa shape index (κ1) is 23.8. The zero-order valence-electron chi connectivity index (χ0n) is 15.6. The maximum absolute atomic E-state index is 11.4. The van der Waals surface area contributed by atoms with E-state index in [1.54, 1.807) is 12.1 Å². The molecule has 0 unspecified atom stereocenters. The van der Waals surface area contributed by atoms with Crippen LogP contribution in [0.2, 0.25) is 0 Å². The van der Waals surface area contributed by atoms with Crippen molar-refractivity contribution in [2.45, 2.75) is 38.1 Å². The fraction of sp³-hybridized carbons (Fsp3) is 0.667. The van der Waals surface area contributed by atoms with E-state index < -0.39 is 4.92 Å². The summed E-state index contributed by atoms with van der Waals surface area (Å²) in [6.45, 7) is 3.72. The standard InChI is InChI=1S/C18H27N3O4.2ClH/c1-25-16-12-14(11-15(18(16)22)21(23)24)17(13-5-3-2-4-6-13)20-9-7-19-8-10-20;;/h11-13,17,19,22H,2-10H2,1H3;2*1H/t17-;;/m1../s1. The quantitative estimate of drug-likeness (QED) is 0.556. The van der Waals surface area contributed by atoms with Gasteiger partial charge >= 0.3 is 5.69 Å². The zero-order chi connectivity index (χ0) is 17.8. The molecule has 27 heavy (non-hydrogen) atoms. The third-order valence-electron chi connectivity index (χ3n) is 5.48. The fourth-order valence-corrected chi connectivity index (χ4v) is 4.27. The molecule has 0 radical (unpaired) electrons. The molecule has 2 N–H and O–H groups in total. The molecular weight excluding hydrogens is 393 g/mol. The Kier molecular flexibility index (Phi) is 9.59. The van der Waals surface area contributed by atoms with Crippen molar-refractivity contribution < 1.29 is 14.8 Å². The second kappa shape index (κ2) is 10.9. The number of rotatable bonds is 5. The van der Waals surface area contributed by atoms with Crippen molar-refractivity contribution in [1.29, 1.82) is 0 Å². The monoisotopic (exact) mass is 421 g/mol. The van der Waals surface area contributed by atoms with Gasteiger partial charge in [0.25, 0.3) is 0 Å². The summed E-state index contributed by atoms with van der Waals surface area (Å²) in [5.41, 5.74) is 0.612. The minimum atomic E-state index is -0.531. The average Bonchev–Trinajstić information content (AvgIpc) is 2.64. The van der Waals surface area contributed by atoms with Gasteiger partial charge in [-0.05, 0) is 30.4 Å². The minimum absolute atomic E-state index is 0. The molecule has 3 rings (SSSR count). The number of nitrogens with zero attached hydrogens (tertiary/aromatic N) is 2. The van der Waals surface area contributed by atoms with Crippen molar-refractivity contribution in [3.05, 3.63) is 27.8 Å². The summed E-state index contributed by atoms with van der Waals surface area (Å²) < 4.78 is 5.22. The number of halogens is 2. The lowest BCUT2D eigenvalue weighted by atomic mass is 9.80. The number of benzene rings is 1. The fourth-order valence-electron chi connectivity index (χ4n) is 4.27. The number of ether oxygens (including phenoxy) is 1. The highest BCUT2D eigenvalue weighted by Crippen LogP contribution is 2.44. The maximum Gasteiger partial charge on any atom is 0.314 e. The molecule has 9 heteroatoms. The summed E-state index contributed by atoms with van der Waals surface area (Å²) in [5, 5.41) is 24.9. The molecule has 1 aliphatic carbocycles. The lowest BCUT2D eigenvalue weighted by molar-refractivity contribution is -0.386. The van der Waals surface area contributed by atoms with Crippen LogP contribution in [0.25, 0.3) is 0 Å². The predicted molar refractivity (Wildman–Crippen MR) is 110 cm³/mol. The summed E-state index contributed by atoms with van der Waals surface area (Å²) in [6.07, 6.45) is 5.98. The van der Waals surface area contributed by atoms with Gasteiger partial charge in [0.2, 0.25) is 5.75 Å². The molecule has 154 valence electrons. The minimum Gasteiger partial charge on any atom is -0.500 e. The lowest BCUT2D eigenvalue weighted by Gasteiger charge is -2.41. The summed E-state index contributed by atoms with van der Waals surface area (Å²) in [6, 6.07) is 3.46. The Morgan fingerprint density at radius 1 is 1.22 bits per heavy atom. The van der Waals surface area contributed by atoms with E-state index in [0.29, 0.717) is 5.92 Å². The van der Waals surface area contributed by atoms with Gasteiger partial charge in [0.15, 0.2) is 5.75 Å². The molecule has 1 heterocycles. The number of phenolic OH excluding ortho intramolecular Hbond substituents is 1. The molecule has 1 atom stereocenters. The Labute approximate surface area is 172 Å². The Balaban J connectivity index is 0.00000182. The van der Waals surface area contributed by atoms with Gasteiger partial charge in [0.05, 0.1) is 12.0 Å². The van der Waals surface area contributed by atoms with Crippen LogP contribution in [-0.2, 0) is 0 Å². The first-order valence-corrected chi connectivity index (χ1v) is 9.12. The number of hydrogen-bond acceptors (Lipinski definition) is 6. The predicted octanol–water partition coefficient (Wildman–Crippen LogP) is 3.68. The number of nitro benzene ring substituents is 1. The number of nitrogens with one attached hydrogen (secondary N) is 1. The van der Waals surface area contributed by atoms with Gasteiger partial charge in [-0.1, -0.05) is 19.3 Å². The highest BCUT2D eigenvalue weighted by Gasteiger charge is 2.33. The molecule has 0 aromatic heterocycles. The molecule has 0 amide bonds. The molecular formula is C18H29Cl2N3O4. The summed E-state index contributed by atoms with van der Waals surface area (Å²) >= 11 is 0. The third kappa shape index (κ3) is 5.38. The van der Waals surface area contributed by atoms with Crippen molar-refractivity contribution in [3.8, 4) is 11.5 Å². The largest absolute Gasteiger partial charge is 0.500 e. The molecule has 1 saturated carbocycles. The van der Waals surface area contributed by atoms with Crippen LogP contribution in [-0.4, -0.2) is 48.2 Å². The van der Waals surface area contributed by atoms with Gasteiger partial charge in [-0.2, -0.15) is 0 Å². The number of aromatic hydroxyl groups is 1. The highest BCUT2D eigenvalue weighted by atomic mass is 35.5. The van der Waals surface area contributed by atoms with Gasteiger partial charge in [-0.15, -0.1) is 24.8 Å². The number of phenols is 1. The molecule has 1 aromatic carbocycles. The summed E-state index contributed by atoms with van der Waals surface area (Å²) in [5.74, 6) is 0.278. The molecule has 1 saturated heterocycles. The van der Waals surface area contributed by atoms with Gasteiger partial charge in [-0.3, -0.25) is 15.0 Å². The first-order valence-electron chi connectivity index (χ1n) is 9.12. The Morgan fingerprint density at radius 3 is 2.41 bits per heavy atom. The molecule has 0 spiro atoms. The zero-order valence-corrected chi connectivity index (χ0v) is 17.2. The van der Waals surface area contributed by atoms with Crippen molar-refractivity contribution in [1.82, 2.24) is 10.2 Å². The smallest absolute Gasteiger partial charge is 0.314 e. The van der Waals surface area contributed by atoms with Gasteiger partial charge in [-0.25, -0.2) is 0 Å². The van der Waals surface area contributed by atoms with E-state index in [4.69, 9.17) is 4.74 Å². The van der Waals surface area contributed by atoms with Gasteiger partial charge < -0.3 is 15.2 Å². The van der Waals surface area contributed by atoms with E-state index >= 15 is 0 Å². The van der Waals surface area contributed by atoms with Gasteiger partial charge in [0, 0.05) is 38.3 Å². The Hall–Kier alpha value is -1.28. The van der Waals surface area contributed by atoms with E-state index in [-0.39, 0.29) is 48.0 Å². The van der Waals surface area contributed by atoms with Crippen LogP contribution in [0.1, 0.15) is 43.7 Å². The third-order valence-corrected chi connectivity index (χ3v) is 5.48. The topological polar surface area (TPSA) is 87.9 Å². The van der Waals surface area contributed by atoms with Crippen molar-refractivity contribution in [3.63, 3.8) is 0 Å².